The van der Waals surface area contributed by atoms with Gasteiger partial charge in [-0.1, -0.05) is 13.8 Å². The van der Waals surface area contributed by atoms with Crippen LogP contribution in [-0.2, 0) is 6.42 Å². The molecule has 0 atom stereocenters. The molecule has 0 unspecified atom stereocenters. The van der Waals surface area contributed by atoms with E-state index >= 15 is 0 Å². The fourth-order valence-electron chi connectivity index (χ4n) is 1.26. The number of ketones is 1. The maximum Gasteiger partial charge on any atom is 0.227 e. The van der Waals surface area contributed by atoms with Gasteiger partial charge in [-0.15, -0.1) is 0 Å². The van der Waals surface area contributed by atoms with E-state index in [0.29, 0.717) is 23.2 Å². The Balaban J connectivity index is 3.02. The third-order valence-electron chi connectivity index (χ3n) is 1.97. The maximum absolute atomic E-state index is 11.2. The molecule has 0 radical (unpaired) electrons. The highest BCUT2D eigenvalue weighted by molar-refractivity contribution is 5.95. The van der Waals surface area contributed by atoms with Gasteiger partial charge in [0.1, 0.15) is 5.82 Å². The summed E-state index contributed by atoms with van der Waals surface area (Å²) in [6.07, 6.45) is 2.32. The molecule has 0 saturated carbocycles. The van der Waals surface area contributed by atoms with E-state index < -0.39 is 0 Å². The second kappa shape index (κ2) is 4.87. The molecule has 0 N–H and O–H groups in total. The molecule has 4 nitrogen and oxygen atoms in total. The van der Waals surface area contributed by atoms with E-state index in [-0.39, 0.29) is 5.78 Å². The first-order valence-corrected chi connectivity index (χ1v) is 4.95. The Bertz CT molecular complexity index is 362. The highest BCUT2D eigenvalue weighted by Crippen LogP contribution is 2.15. The molecule has 0 amide bonds. The monoisotopic (exact) mass is 208 g/mol. The Hall–Kier alpha value is -1.45. The van der Waals surface area contributed by atoms with E-state index in [4.69, 9.17) is 4.74 Å². The first-order valence-electron chi connectivity index (χ1n) is 4.95. The number of hydrogen-bond acceptors (Lipinski definition) is 4. The summed E-state index contributed by atoms with van der Waals surface area (Å²) >= 11 is 0. The Kier molecular flexibility index (Phi) is 3.77. The number of rotatable bonds is 4. The van der Waals surface area contributed by atoms with E-state index in [2.05, 4.69) is 23.8 Å². The SMILES string of the molecule is COc1nc(CC(C)C)ncc1C(C)=O. The van der Waals surface area contributed by atoms with Crippen molar-refractivity contribution < 1.29 is 9.53 Å². The zero-order valence-electron chi connectivity index (χ0n) is 9.57. The van der Waals surface area contributed by atoms with Gasteiger partial charge in [-0.3, -0.25) is 4.79 Å². The number of nitrogens with zero attached hydrogens (tertiary/aromatic N) is 2. The van der Waals surface area contributed by atoms with Crippen molar-refractivity contribution in [2.75, 3.05) is 7.11 Å². The number of Topliss-reactive ketones (excluding diaryl/α,β-unsaturated/α-hetero) is 1. The number of ether oxygens (including phenoxy) is 1. The predicted molar refractivity (Wildman–Crippen MR) is 57.1 cm³/mol. The molecule has 0 aromatic carbocycles. The Morgan fingerprint density at radius 1 is 1.53 bits per heavy atom. The van der Waals surface area contributed by atoms with Crippen molar-refractivity contribution in [2.24, 2.45) is 5.92 Å². The molecule has 0 bridgehead atoms. The molecule has 15 heavy (non-hydrogen) atoms. The molecule has 0 aliphatic heterocycles. The normalized spacial score (nSPS) is 10.5. The molecule has 4 heteroatoms. The largest absolute Gasteiger partial charge is 0.480 e. The van der Waals surface area contributed by atoms with Gasteiger partial charge in [0, 0.05) is 12.6 Å². The molecular weight excluding hydrogens is 192 g/mol. The second-order valence-electron chi connectivity index (χ2n) is 3.86. The average molecular weight is 208 g/mol. The lowest BCUT2D eigenvalue weighted by molar-refractivity contribution is 0.101. The number of aromatic nitrogens is 2. The smallest absolute Gasteiger partial charge is 0.227 e. The summed E-state index contributed by atoms with van der Waals surface area (Å²) in [6, 6.07) is 0. The van der Waals surface area contributed by atoms with E-state index in [1.165, 1.54) is 20.2 Å². The van der Waals surface area contributed by atoms with Crippen LogP contribution in [-0.4, -0.2) is 22.9 Å². The Labute approximate surface area is 89.7 Å². The van der Waals surface area contributed by atoms with Crippen molar-refractivity contribution in [1.82, 2.24) is 9.97 Å². The average Bonchev–Trinajstić information content (AvgIpc) is 2.16. The van der Waals surface area contributed by atoms with Crippen LogP contribution in [0.5, 0.6) is 5.88 Å². The van der Waals surface area contributed by atoms with Gasteiger partial charge >= 0.3 is 0 Å². The molecule has 1 aromatic rings. The third kappa shape index (κ3) is 3.01. The minimum atomic E-state index is -0.0806. The zero-order valence-corrected chi connectivity index (χ0v) is 9.57. The number of methoxy groups -OCH3 is 1. The highest BCUT2D eigenvalue weighted by Gasteiger charge is 2.11. The summed E-state index contributed by atoms with van der Waals surface area (Å²) in [5.74, 6) is 1.49. The van der Waals surface area contributed by atoms with Crippen LogP contribution in [0.15, 0.2) is 6.20 Å². The van der Waals surface area contributed by atoms with Gasteiger partial charge in [0.2, 0.25) is 5.88 Å². The fraction of sp³-hybridized carbons (Fsp3) is 0.545. The zero-order chi connectivity index (χ0) is 11.4. The van der Waals surface area contributed by atoms with Crippen LogP contribution in [0.25, 0.3) is 0 Å². The van der Waals surface area contributed by atoms with Crippen molar-refractivity contribution in [2.45, 2.75) is 27.2 Å². The van der Waals surface area contributed by atoms with Crippen LogP contribution in [0.2, 0.25) is 0 Å². The Morgan fingerprint density at radius 3 is 2.67 bits per heavy atom. The second-order valence-corrected chi connectivity index (χ2v) is 3.86. The molecule has 0 spiro atoms. The lowest BCUT2D eigenvalue weighted by Gasteiger charge is -2.07. The van der Waals surface area contributed by atoms with Gasteiger partial charge < -0.3 is 4.74 Å². The van der Waals surface area contributed by atoms with Crippen molar-refractivity contribution in [3.05, 3.63) is 17.6 Å². The van der Waals surface area contributed by atoms with Gasteiger partial charge in [0.05, 0.1) is 12.7 Å². The van der Waals surface area contributed by atoms with Gasteiger partial charge in [0.15, 0.2) is 5.78 Å². The molecule has 0 fully saturated rings. The quantitative estimate of drug-likeness (QED) is 0.709. The summed E-state index contributed by atoms with van der Waals surface area (Å²) in [5.41, 5.74) is 0.435. The van der Waals surface area contributed by atoms with Crippen LogP contribution in [0.3, 0.4) is 0 Å². The van der Waals surface area contributed by atoms with Gasteiger partial charge in [-0.2, -0.15) is 4.98 Å². The van der Waals surface area contributed by atoms with Gasteiger partial charge in [-0.05, 0) is 12.8 Å². The summed E-state index contributed by atoms with van der Waals surface area (Å²) < 4.78 is 5.06. The summed E-state index contributed by atoms with van der Waals surface area (Å²) in [7, 11) is 1.51. The van der Waals surface area contributed by atoms with Crippen LogP contribution in [0.1, 0.15) is 37.0 Å². The Morgan fingerprint density at radius 2 is 2.20 bits per heavy atom. The summed E-state index contributed by atoms with van der Waals surface area (Å²) in [4.78, 5) is 19.5. The maximum atomic E-state index is 11.2. The molecular formula is C11H16N2O2. The third-order valence-corrected chi connectivity index (χ3v) is 1.97. The minimum absolute atomic E-state index is 0.0806. The lowest BCUT2D eigenvalue weighted by atomic mass is 10.1. The molecule has 1 heterocycles. The predicted octanol–water partition coefficient (Wildman–Crippen LogP) is 1.89. The summed E-state index contributed by atoms with van der Waals surface area (Å²) in [5, 5.41) is 0. The molecule has 82 valence electrons. The van der Waals surface area contributed by atoms with Crippen LogP contribution < -0.4 is 4.74 Å². The van der Waals surface area contributed by atoms with E-state index in [1.54, 1.807) is 0 Å². The number of carbonyl (C=O) groups is 1. The minimum Gasteiger partial charge on any atom is -0.480 e. The van der Waals surface area contributed by atoms with E-state index in [0.717, 1.165) is 6.42 Å². The molecule has 0 saturated heterocycles. The molecule has 0 aliphatic rings. The number of hydrogen-bond donors (Lipinski definition) is 0. The van der Waals surface area contributed by atoms with Crippen molar-refractivity contribution in [3.8, 4) is 5.88 Å². The van der Waals surface area contributed by atoms with Crippen molar-refractivity contribution >= 4 is 5.78 Å². The van der Waals surface area contributed by atoms with Crippen LogP contribution >= 0.6 is 0 Å². The summed E-state index contributed by atoms with van der Waals surface area (Å²) in [6.45, 7) is 5.66. The van der Waals surface area contributed by atoms with Gasteiger partial charge in [0.25, 0.3) is 0 Å². The van der Waals surface area contributed by atoms with E-state index in [9.17, 15) is 4.79 Å². The van der Waals surface area contributed by atoms with Crippen LogP contribution in [0.4, 0.5) is 0 Å². The standard InChI is InChI=1S/C11H16N2O2/c1-7(2)5-10-12-6-9(8(3)14)11(13-10)15-4/h6-7H,5H2,1-4H3. The lowest BCUT2D eigenvalue weighted by Crippen LogP contribution is -2.06. The first kappa shape index (κ1) is 11.6. The van der Waals surface area contributed by atoms with E-state index in [1.807, 2.05) is 0 Å². The molecule has 1 rings (SSSR count). The van der Waals surface area contributed by atoms with Crippen molar-refractivity contribution in [1.29, 1.82) is 0 Å². The first-order chi connectivity index (χ1) is 7.04. The van der Waals surface area contributed by atoms with Gasteiger partial charge in [-0.25, -0.2) is 4.98 Å². The van der Waals surface area contributed by atoms with Crippen molar-refractivity contribution in [3.63, 3.8) is 0 Å². The fourth-order valence-corrected chi connectivity index (χ4v) is 1.26. The highest BCUT2D eigenvalue weighted by atomic mass is 16.5. The number of carbonyl (C=O) groups excluding carboxylic acids is 1. The van der Waals surface area contributed by atoms with Crippen LogP contribution in [0, 0.1) is 5.92 Å². The molecule has 0 aliphatic carbocycles. The molecule has 1 aromatic heterocycles. The topological polar surface area (TPSA) is 52.1 Å².